The third kappa shape index (κ3) is 9.73. The van der Waals surface area contributed by atoms with Crippen LogP contribution in [0.5, 0.6) is 23.0 Å². The fourth-order valence-corrected chi connectivity index (χ4v) is 8.56. The molecule has 0 radical (unpaired) electrons. The first-order valence-electron chi connectivity index (χ1n) is 21.2. The number of benzene rings is 2. The number of allylic oxidation sites excluding steroid dienone is 2. The highest BCUT2D eigenvalue weighted by atomic mass is 16.7. The van der Waals surface area contributed by atoms with Crippen LogP contribution in [0.3, 0.4) is 0 Å². The summed E-state index contributed by atoms with van der Waals surface area (Å²) in [6.45, 7) is 20.4. The van der Waals surface area contributed by atoms with E-state index in [9.17, 15) is 39.9 Å². The molecule has 0 saturated carbocycles. The Morgan fingerprint density at radius 2 is 1.63 bits per heavy atom. The molecule has 4 aliphatic rings. The normalized spacial score (nSPS) is 29.3. The predicted molar refractivity (Wildman–Crippen MR) is 234 cm³/mol. The van der Waals surface area contributed by atoms with Crippen LogP contribution in [-0.4, -0.2) is 129 Å². The van der Waals surface area contributed by atoms with Crippen LogP contribution in [0, 0.1) is 36.5 Å². The van der Waals surface area contributed by atoms with Crippen LogP contribution in [0.15, 0.2) is 41.2 Å². The molecule has 2 aromatic carbocycles. The number of aromatic hydroxyl groups is 3. The minimum Gasteiger partial charge on any atom is -0.507 e. The molecule has 16 nitrogen and oxygen atoms in total. The molecule has 4 heterocycles. The van der Waals surface area contributed by atoms with E-state index in [2.05, 4.69) is 29.2 Å². The molecule has 9 unspecified atom stereocenters. The number of Topliss-reactive ketones (excluding diaryl/α,β-unsaturated/α-hetero) is 1. The number of piperazine rings is 1. The molecule has 340 valence electrons. The van der Waals surface area contributed by atoms with Crippen molar-refractivity contribution in [2.75, 3.05) is 45.2 Å². The highest BCUT2D eigenvalue weighted by Gasteiger charge is 2.50. The van der Waals surface area contributed by atoms with Gasteiger partial charge in [-0.25, -0.2) is 0 Å². The minimum atomic E-state index is -2.05. The number of anilines is 1. The van der Waals surface area contributed by atoms with Gasteiger partial charge in [0.15, 0.2) is 5.75 Å². The number of ketones is 1. The average molecular weight is 865 g/mol. The van der Waals surface area contributed by atoms with Crippen molar-refractivity contribution in [1.29, 1.82) is 0 Å². The average Bonchev–Trinajstić information content (AvgIpc) is 3.49. The number of aliphatic hydroxyl groups excluding tert-OH is 2. The van der Waals surface area contributed by atoms with Crippen LogP contribution in [0.1, 0.15) is 83.8 Å². The van der Waals surface area contributed by atoms with E-state index in [0.29, 0.717) is 19.0 Å². The zero-order valence-electron chi connectivity index (χ0n) is 37.6. The van der Waals surface area contributed by atoms with Gasteiger partial charge in [-0.1, -0.05) is 59.8 Å². The van der Waals surface area contributed by atoms with Crippen LogP contribution in [0.2, 0.25) is 0 Å². The Labute approximate surface area is 363 Å². The number of hydrogen-bond donors (Lipinski definition) is 6. The lowest BCUT2D eigenvalue weighted by molar-refractivity contribution is -0.160. The molecular formula is C46H64N4O12. The maximum Gasteiger partial charge on any atom is 0.312 e. The summed E-state index contributed by atoms with van der Waals surface area (Å²) in [7, 11) is 1.44. The molecule has 0 spiro atoms. The number of aliphatic hydroxyl groups is 2. The van der Waals surface area contributed by atoms with Crippen molar-refractivity contribution in [2.24, 2.45) is 34.7 Å². The van der Waals surface area contributed by atoms with Gasteiger partial charge in [0.25, 0.3) is 11.7 Å². The lowest BCUT2D eigenvalue weighted by atomic mass is 9.78. The summed E-state index contributed by atoms with van der Waals surface area (Å²) < 4.78 is 23.7. The fourth-order valence-electron chi connectivity index (χ4n) is 8.56. The van der Waals surface area contributed by atoms with E-state index in [1.54, 1.807) is 44.9 Å². The zero-order chi connectivity index (χ0) is 46.0. The topological polar surface area (TPSA) is 220 Å². The van der Waals surface area contributed by atoms with E-state index in [0.717, 1.165) is 19.6 Å². The molecule has 2 aromatic rings. The number of esters is 1. The van der Waals surface area contributed by atoms with Crippen molar-refractivity contribution in [3.8, 4) is 23.0 Å². The maximum atomic E-state index is 14.5. The van der Waals surface area contributed by atoms with Gasteiger partial charge < -0.3 is 49.8 Å². The zero-order valence-corrected chi connectivity index (χ0v) is 37.6. The number of phenolic OH excluding ortho intramolecular Hbond substituents is 3. The largest absolute Gasteiger partial charge is 0.507 e. The molecule has 0 aromatic heterocycles. The second kappa shape index (κ2) is 19.5. The number of carbonyl (C=O) groups excluding carboxylic acids is 3. The van der Waals surface area contributed by atoms with E-state index in [1.165, 1.54) is 59.4 Å². The van der Waals surface area contributed by atoms with Crippen molar-refractivity contribution in [3.63, 3.8) is 0 Å². The first-order valence-corrected chi connectivity index (χ1v) is 21.2. The molecular weight excluding hydrogens is 801 g/mol. The van der Waals surface area contributed by atoms with E-state index in [-0.39, 0.29) is 44.5 Å². The van der Waals surface area contributed by atoms with Crippen LogP contribution in [0.25, 0.3) is 10.8 Å². The SMILES string of the molecule is COC1C=COC2(C)Oc3c(C)c(O)c4c(O)c(c(C=NN5CCN(CC(C)C)CC5)c(O)c4c3C2=O)NC(=O)C(C)=CC=CC(C)C(O)C(C)C(O)C(C)C(OC(C)=O)C1C. The van der Waals surface area contributed by atoms with Crippen LogP contribution in [-0.2, 0) is 23.8 Å². The number of phenols is 3. The van der Waals surface area contributed by atoms with Crippen molar-refractivity contribution in [1.82, 2.24) is 9.91 Å². The number of amides is 1. The number of ether oxygens (including phenoxy) is 4. The van der Waals surface area contributed by atoms with E-state index in [1.807, 2.05) is 0 Å². The summed E-state index contributed by atoms with van der Waals surface area (Å²) in [6, 6.07) is 0. The van der Waals surface area contributed by atoms with E-state index in [4.69, 9.17) is 18.9 Å². The van der Waals surface area contributed by atoms with Gasteiger partial charge >= 0.3 is 11.8 Å². The summed E-state index contributed by atoms with van der Waals surface area (Å²) >= 11 is 0. The van der Waals surface area contributed by atoms with Crippen LogP contribution < -0.4 is 10.1 Å². The first kappa shape index (κ1) is 47.9. The number of hydrazone groups is 1. The number of fused-ring (bicyclic) bond motifs is 14. The first-order chi connectivity index (χ1) is 29.1. The number of carbonyl (C=O) groups is 3. The molecule has 1 amide bonds. The van der Waals surface area contributed by atoms with Gasteiger partial charge in [-0.2, -0.15) is 5.10 Å². The summed E-state index contributed by atoms with van der Waals surface area (Å²) in [5.74, 6) is -7.85. The van der Waals surface area contributed by atoms with Gasteiger partial charge in [0.1, 0.15) is 23.4 Å². The maximum absolute atomic E-state index is 14.5. The highest BCUT2D eigenvalue weighted by molar-refractivity contribution is 6.23. The Morgan fingerprint density at radius 3 is 2.24 bits per heavy atom. The monoisotopic (exact) mass is 864 g/mol. The Balaban J connectivity index is 1.68. The lowest BCUT2D eigenvalue weighted by Gasteiger charge is -2.38. The Morgan fingerprint density at radius 1 is 0.968 bits per heavy atom. The number of rotatable bonds is 6. The summed E-state index contributed by atoms with van der Waals surface area (Å²) in [5.41, 5.74) is -0.335. The summed E-state index contributed by atoms with van der Waals surface area (Å²) in [6.07, 6.45) is 4.90. The highest BCUT2D eigenvalue weighted by Crippen LogP contribution is 2.55. The van der Waals surface area contributed by atoms with Gasteiger partial charge in [-0.05, 0) is 25.8 Å². The minimum absolute atomic E-state index is 0.0576. The molecule has 6 N–H and O–H groups in total. The van der Waals surface area contributed by atoms with Gasteiger partial charge in [0, 0.05) is 93.9 Å². The standard InChI is InChI=1S/C46H64N4O12/c1-23(2)22-49-16-18-50(19-17-49)47-21-31-36-41(56)34-33(40(31)55)35-43(29(8)39(34)54)62-46(10,44(35)57)60-20-15-32(59-11)26(5)42(61-30(9)51)28(7)38(53)27(6)37(52)24(3)13-12-14-25(4)45(58)48-36/h12-15,20-21,23-24,26-28,32,37-38,42,52-56H,16-19,22H2,1-11H3,(H,48,58). The van der Waals surface area contributed by atoms with Crippen LogP contribution in [0.4, 0.5) is 5.69 Å². The number of nitrogens with zero attached hydrogens (tertiary/aromatic N) is 3. The molecule has 4 aliphatic heterocycles. The van der Waals surface area contributed by atoms with Crippen molar-refractivity contribution >= 4 is 40.3 Å². The molecule has 16 heteroatoms. The van der Waals surface area contributed by atoms with Gasteiger partial charge in [0.2, 0.25) is 0 Å². The Bertz CT molecular complexity index is 2140. The predicted octanol–water partition coefficient (Wildman–Crippen LogP) is 5.36. The van der Waals surface area contributed by atoms with Crippen LogP contribution >= 0.6 is 0 Å². The Kier molecular flexibility index (Phi) is 15.0. The van der Waals surface area contributed by atoms with Gasteiger partial charge in [-0.15, -0.1) is 0 Å². The Hall–Kier alpha value is -5.16. The molecule has 5 bridgehead atoms. The third-order valence-electron chi connectivity index (χ3n) is 12.4. The van der Waals surface area contributed by atoms with Gasteiger partial charge in [0.05, 0.1) is 53.0 Å². The molecule has 0 aliphatic carbocycles. The smallest absolute Gasteiger partial charge is 0.312 e. The van der Waals surface area contributed by atoms with Gasteiger partial charge in [-0.3, -0.25) is 24.3 Å². The summed E-state index contributed by atoms with van der Waals surface area (Å²) in [4.78, 5) is 43.0. The third-order valence-corrected chi connectivity index (χ3v) is 12.4. The molecule has 9 atom stereocenters. The molecule has 1 saturated heterocycles. The van der Waals surface area contributed by atoms with Crippen molar-refractivity contribution < 1.29 is 58.9 Å². The summed E-state index contributed by atoms with van der Waals surface area (Å²) in [5, 5.41) is 67.3. The van der Waals surface area contributed by atoms with Crippen molar-refractivity contribution in [3.05, 3.63) is 52.8 Å². The lowest BCUT2D eigenvalue weighted by Crippen LogP contribution is -2.46. The molecule has 1 fully saturated rings. The fraction of sp³-hybridized carbons (Fsp3) is 0.565. The van der Waals surface area contributed by atoms with E-state index >= 15 is 0 Å². The number of methoxy groups -OCH3 is 1. The quantitative estimate of drug-likeness (QED) is 0.0933. The second-order valence-electron chi connectivity index (χ2n) is 17.5. The molecule has 6 rings (SSSR count). The van der Waals surface area contributed by atoms with Crippen molar-refractivity contribution in [2.45, 2.75) is 99.4 Å². The number of nitrogens with one attached hydrogen (secondary N) is 1. The van der Waals surface area contributed by atoms with E-state index < -0.39 is 88.8 Å². The second-order valence-corrected chi connectivity index (χ2v) is 17.5. The molecule has 62 heavy (non-hydrogen) atoms. The number of hydrogen-bond acceptors (Lipinski definition) is 15.